The Bertz CT molecular complexity index is 979. The summed E-state index contributed by atoms with van der Waals surface area (Å²) < 4.78 is 1.86. The van der Waals surface area contributed by atoms with Crippen LogP contribution in [-0.2, 0) is 24.2 Å². The van der Waals surface area contributed by atoms with Gasteiger partial charge in [-0.25, -0.2) is 0 Å². The molecule has 3 rings (SSSR count). The fourth-order valence-corrected chi connectivity index (χ4v) is 4.20. The van der Waals surface area contributed by atoms with Gasteiger partial charge in [-0.1, -0.05) is 61.7 Å². The highest BCUT2D eigenvalue weighted by atomic mass is 16.6. The first kappa shape index (κ1) is 22.8. The van der Waals surface area contributed by atoms with Crippen LogP contribution in [0.25, 0.3) is 0 Å². The summed E-state index contributed by atoms with van der Waals surface area (Å²) >= 11 is 0. The van der Waals surface area contributed by atoms with Gasteiger partial charge in [0.05, 0.1) is 0 Å². The smallest absolute Gasteiger partial charge is 0.264 e. The van der Waals surface area contributed by atoms with Crippen LogP contribution in [0.5, 0.6) is 0 Å². The van der Waals surface area contributed by atoms with Gasteiger partial charge in [0.1, 0.15) is 12.7 Å². The summed E-state index contributed by atoms with van der Waals surface area (Å²) in [6, 6.07) is 11.2. The zero-order valence-corrected chi connectivity index (χ0v) is 18.9. The fraction of sp³-hybridized carbons (Fsp3) is 0.480. The van der Waals surface area contributed by atoms with E-state index >= 15 is 0 Å². The van der Waals surface area contributed by atoms with E-state index < -0.39 is 0 Å². The first-order chi connectivity index (χ1) is 15.1. The van der Waals surface area contributed by atoms with Gasteiger partial charge in [-0.3, -0.25) is 14.5 Å². The van der Waals surface area contributed by atoms with E-state index in [4.69, 9.17) is 4.84 Å². The van der Waals surface area contributed by atoms with Gasteiger partial charge in [-0.2, -0.15) is 0 Å². The number of benzene rings is 1. The molecule has 6 nitrogen and oxygen atoms in total. The van der Waals surface area contributed by atoms with Crippen molar-refractivity contribution in [2.45, 2.75) is 64.8 Å². The molecule has 0 bridgehead atoms. The number of nitrogens with zero attached hydrogens (tertiary/aromatic N) is 3. The van der Waals surface area contributed by atoms with Gasteiger partial charge in [-0.15, -0.1) is 0 Å². The van der Waals surface area contributed by atoms with E-state index in [0.29, 0.717) is 12.4 Å². The fourth-order valence-electron chi connectivity index (χ4n) is 4.20. The van der Waals surface area contributed by atoms with Crippen LogP contribution in [0.4, 0.5) is 0 Å². The molecule has 166 valence electrons. The monoisotopic (exact) mass is 423 g/mol. The normalized spacial score (nSPS) is 14.4. The molecule has 0 saturated carbocycles. The molecule has 0 radical (unpaired) electrons. The SMILES string of the molecule is CCCCn1c2c(cc(C(=O)N(C)/C(=N\OC)c3ccccc3)c1=O)CCCCCC2. The molecule has 6 heteroatoms. The number of carbonyl (C=O) groups excluding carboxylic acids is 1. The maximum atomic E-state index is 13.5. The van der Waals surface area contributed by atoms with Crippen molar-refractivity contribution in [2.24, 2.45) is 5.16 Å². The number of pyridine rings is 1. The molecule has 1 aromatic carbocycles. The van der Waals surface area contributed by atoms with Crippen LogP contribution in [0.2, 0.25) is 0 Å². The van der Waals surface area contributed by atoms with E-state index in [1.807, 2.05) is 41.0 Å². The van der Waals surface area contributed by atoms with Crippen molar-refractivity contribution < 1.29 is 9.63 Å². The van der Waals surface area contributed by atoms with Gasteiger partial charge in [0.15, 0.2) is 5.84 Å². The van der Waals surface area contributed by atoms with Crippen LogP contribution >= 0.6 is 0 Å². The Morgan fingerprint density at radius 1 is 1.13 bits per heavy atom. The predicted molar refractivity (Wildman–Crippen MR) is 124 cm³/mol. The van der Waals surface area contributed by atoms with Gasteiger partial charge < -0.3 is 9.40 Å². The summed E-state index contributed by atoms with van der Waals surface area (Å²) in [5.41, 5.74) is 3.01. The van der Waals surface area contributed by atoms with Crippen LogP contribution < -0.4 is 5.56 Å². The Labute approximate surface area is 184 Å². The van der Waals surface area contributed by atoms with Crippen molar-refractivity contribution in [3.63, 3.8) is 0 Å². The quantitative estimate of drug-likeness (QED) is 0.393. The summed E-state index contributed by atoms with van der Waals surface area (Å²) in [6.07, 6.45) is 8.28. The van der Waals surface area contributed by atoms with Crippen LogP contribution in [0.15, 0.2) is 46.3 Å². The number of hydrogen-bond acceptors (Lipinski definition) is 4. The van der Waals surface area contributed by atoms with E-state index in [0.717, 1.165) is 55.3 Å². The summed E-state index contributed by atoms with van der Waals surface area (Å²) in [4.78, 5) is 33.4. The van der Waals surface area contributed by atoms with Crippen molar-refractivity contribution in [3.8, 4) is 0 Å². The number of aryl methyl sites for hydroxylation is 1. The van der Waals surface area contributed by atoms with E-state index in [9.17, 15) is 9.59 Å². The molecule has 1 aliphatic rings. The number of rotatable bonds is 6. The van der Waals surface area contributed by atoms with Crippen molar-refractivity contribution in [1.82, 2.24) is 9.47 Å². The van der Waals surface area contributed by atoms with Gasteiger partial charge in [-0.05, 0) is 43.7 Å². The minimum Gasteiger partial charge on any atom is -0.397 e. The van der Waals surface area contributed by atoms with Crippen LogP contribution in [-0.4, -0.2) is 35.4 Å². The summed E-state index contributed by atoms with van der Waals surface area (Å²) in [7, 11) is 3.09. The highest BCUT2D eigenvalue weighted by molar-refractivity contribution is 6.12. The molecule has 0 atom stereocenters. The Morgan fingerprint density at radius 2 is 1.84 bits per heavy atom. The molecule has 0 saturated heterocycles. The first-order valence-electron chi connectivity index (χ1n) is 11.3. The van der Waals surface area contributed by atoms with Crippen molar-refractivity contribution in [3.05, 3.63) is 69.1 Å². The molecule has 0 fully saturated rings. The largest absolute Gasteiger partial charge is 0.397 e. The first-order valence-corrected chi connectivity index (χ1v) is 11.3. The number of unbranched alkanes of at least 4 members (excludes halogenated alkanes) is 1. The summed E-state index contributed by atoms with van der Waals surface area (Å²) in [5, 5.41) is 4.07. The highest BCUT2D eigenvalue weighted by Gasteiger charge is 2.25. The lowest BCUT2D eigenvalue weighted by Crippen LogP contribution is -2.39. The second kappa shape index (κ2) is 10.9. The Kier molecular flexibility index (Phi) is 8.04. The molecule has 1 aromatic heterocycles. The molecule has 0 N–H and O–H groups in total. The molecule has 0 spiro atoms. The second-order valence-electron chi connectivity index (χ2n) is 8.08. The lowest BCUT2D eigenvalue weighted by Gasteiger charge is -2.23. The minimum atomic E-state index is -0.361. The number of amides is 1. The Morgan fingerprint density at radius 3 is 2.52 bits per heavy atom. The molecule has 0 aliphatic heterocycles. The van der Waals surface area contributed by atoms with Crippen molar-refractivity contribution in [1.29, 1.82) is 0 Å². The van der Waals surface area contributed by atoms with Crippen molar-refractivity contribution in [2.75, 3.05) is 14.2 Å². The third kappa shape index (κ3) is 5.24. The topological polar surface area (TPSA) is 63.9 Å². The number of carbonyl (C=O) groups is 1. The molecule has 31 heavy (non-hydrogen) atoms. The number of amidine groups is 1. The van der Waals surface area contributed by atoms with Crippen molar-refractivity contribution >= 4 is 11.7 Å². The highest BCUT2D eigenvalue weighted by Crippen LogP contribution is 2.21. The molecular weight excluding hydrogens is 390 g/mol. The van der Waals surface area contributed by atoms with E-state index in [-0.39, 0.29) is 17.0 Å². The number of hydrogen-bond donors (Lipinski definition) is 0. The maximum absolute atomic E-state index is 13.5. The standard InChI is InChI=1S/C25H33N3O3/c1-4-5-17-28-22-16-12-7-6-9-15-20(22)18-21(25(28)30)24(29)27(2)23(26-31-3)19-13-10-8-11-14-19/h8,10-11,13-14,18H,4-7,9,12,15-17H2,1-3H3/b26-23-. The average Bonchev–Trinajstić information content (AvgIpc) is 2.77. The van der Waals surface area contributed by atoms with Gasteiger partial charge in [0.25, 0.3) is 11.5 Å². The third-order valence-electron chi connectivity index (χ3n) is 5.90. The number of fused-ring (bicyclic) bond motifs is 1. The second-order valence-corrected chi connectivity index (χ2v) is 8.08. The van der Waals surface area contributed by atoms with E-state index in [2.05, 4.69) is 12.1 Å². The Balaban J connectivity index is 2.06. The molecular formula is C25H33N3O3. The van der Waals surface area contributed by atoms with Crippen LogP contribution in [0.1, 0.15) is 72.6 Å². The lowest BCUT2D eigenvalue weighted by molar-refractivity contribution is 0.0862. The van der Waals surface area contributed by atoms with Gasteiger partial charge in [0.2, 0.25) is 0 Å². The van der Waals surface area contributed by atoms with Gasteiger partial charge in [0, 0.05) is 24.8 Å². The number of oxime groups is 1. The third-order valence-corrected chi connectivity index (χ3v) is 5.90. The lowest BCUT2D eigenvalue weighted by atomic mass is 9.95. The number of aromatic nitrogens is 1. The Hall–Kier alpha value is -2.89. The zero-order valence-electron chi connectivity index (χ0n) is 18.9. The zero-order chi connectivity index (χ0) is 22.2. The summed E-state index contributed by atoms with van der Waals surface area (Å²) in [6.45, 7) is 2.77. The average molecular weight is 424 g/mol. The summed E-state index contributed by atoms with van der Waals surface area (Å²) in [5.74, 6) is 0.0131. The van der Waals surface area contributed by atoms with Gasteiger partial charge >= 0.3 is 0 Å². The van der Waals surface area contributed by atoms with Crippen LogP contribution in [0, 0.1) is 0 Å². The molecule has 0 unspecified atom stereocenters. The minimum absolute atomic E-state index is 0.200. The molecule has 1 amide bonds. The van der Waals surface area contributed by atoms with E-state index in [1.165, 1.54) is 24.9 Å². The van der Waals surface area contributed by atoms with E-state index in [1.54, 1.807) is 7.05 Å². The predicted octanol–water partition coefficient (Wildman–Crippen LogP) is 4.39. The molecule has 2 aromatic rings. The van der Waals surface area contributed by atoms with Crippen LogP contribution in [0.3, 0.4) is 0 Å². The molecule has 1 aliphatic carbocycles. The molecule has 1 heterocycles. The maximum Gasteiger partial charge on any atom is 0.264 e.